The van der Waals surface area contributed by atoms with Crippen LogP contribution in [0.2, 0.25) is 0 Å². The quantitative estimate of drug-likeness (QED) is 0.616. The van der Waals surface area contributed by atoms with Gasteiger partial charge in [-0.1, -0.05) is 60.7 Å². The predicted octanol–water partition coefficient (Wildman–Crippen LogP) is 2.53. The number of anilines is 1. The second-order valence-corrected chi connectivity index (χ2v) is 6.94. The van der Waals surface area contributed by atoms with Crippen LogP contribution in [0.4, 0.5) is 10.5 Å². The Kier molecular flexibility index (Phi) is 5.68. The number of thiocarbonyl (C=S) groups is 1. The van der Waals surface area contributed by atoms with Gasteiger partial charge in [-0.25, -0.2) is 0 Å². The summed E-state index contributed by atoms with van der Waals surface area (Å²) in [5.74, 6) is -1.96. The van der Waals surface area contributed by atoms with Gasteiger partial charge in [-0.2, -0.15) is 0 Å². The minimum absolute atomic E-state index is 0.104. The predicted molar refractivity (Wildman–Crippen MR) is 106 cm³/mol. The van der Waals surface area contributed by atoms with Gasteiger partial charge in [0.15, 0.2) is 0 Å². The molecule has 2 aromatic carbocycles. The molecule has 0 atom stereocenters. The van der Waals surface area contributed by atoms with Crippen molar-refractivity contribution in [3.8, 4) is 0 Å². The first-order chi connectivity index (χ1) is 13.0. The maximum atomic E-state index is 12.3. The highest BCUT2D eigenvalue weighted by atomic mass is 32.2. The van der Waals surface area contributed by atoms with Crippen molar-refractivity contribution in [2.75, 3.05) is 11.9 Å². The molecule has 0 aromatic heterocycles. The van der Waals surface area contributed by atoms with Gasteiger partial charge in [-0.3, -0.25) is 14.5 Å². The maximum absolute atomic E-state index is 12.3. The number of hydrogen-bond donors (Lipinski definition) is 1. The summed E-state index contributed by atoms with van der Waals surface area (Å²) in [6.45, 7) is -0.307. The van der Waals surface area contributed by atoms with E-state index < -0.39 is 11.9 Å². The number of amides is 2. The zero-order valence-corrected chi connectivity index (χ0v) is 15.5. The van der Waals surface area contributed by atoms with Crippen LogP contribution >= 0.6 is 24.0 Å². The van der Waals surface area contributed by atoms with Crippen molar-refractivity contribution < 1.29 is 19.5 Å². The van der Waals surface area contributed by atoms with Crippen LogP contribution in [0.3, 0.4) is 0 Å². The Hall–Kier alpha value is -2.97. The molecule has 1 heterocycles. The number of para-hydroxylation sites is 1. The number of aromatic carboxylic acids is 1. The number of carbonyl (C=O) groups excluding carboxylic acids is 3. The molecule has 1 fully saturated rings. The van der Waals surface area contributed by atoms with Crippen molar-refractivity contribution >= 4 is 57.8 Å². The van der Waals surface area contributed by atoms with E-state index in [4.69, 9.17) is 12.2 Å². The van der Waals surface area contributed by atoms with Gasteiger partial charge >= 0.3 is 0 Å². The van der Waals surface area contributed by atoms with Gasteiger partial charge in [0.25, 0.3) is 5.24 Å². The van der Waals surface area contributed by atoms with Gasteiger partial charge in [0.2, 0.25) is 5.91 Å². The van der Waals surface area contributed by atoms with E-state index in [0.717, 1.165) is 17.3 Å². The molecule has 0 radical (unpaired) electrons. The summed E-state index contributed by atoms with van der Waals surface area (Å²) in [6, 6.07) is 15.3. The van der Waals surface area contributed by atoms with E-state index in [9.17, 15) is 19.5 Å². The van der Waals surface area contributed by atoms with E-state index in [1.807, 2.05) is 30.3 Å². The lowest BCUT2D eigenvalue weighted by molar-refractivity contribution is -0.254. The Labute approximate surface area is 164 Å². The van der Waals surface area contributed by atoms with Gasteiger partial charge in [0.1, 0.15) is 11.5 Å². The third kappa shape index (κ3) is 4.42. The van der Waals surface area contributed by atoms with Crippen LogP contribution in [-0.4, -0.2) is 33.5 Å². The lowest BCUT2D eigenvalue weighted by atomic mass is 10.2. The largest absolute Gasteiger partial charge is 0.545 e. The fourth-order valence-electron chi connectivity index (χ4n) is 2.44. The SMILES string of the molecule is O=C(CN1C(=O)S/C(=C/c2ccccc2)C1=S)Nc1ccccc1C(=O)[O-]. The van der Waals surface area contributed by atoms with Crippen LogP contribution in [-0.2, 0) is 4.79 Å². The highest BCUT2D eigenvalue weighted by Crippen LogP contribution is 2.33. The van der Waals surface area contributed by atoms with Gasteiger partial charge < -0.3 is 15.2 Å². The van der Waals surface area contributed by atoms with Crippen molar-refractivity contribution in [1.29, 1.82) is 0 Å². The standard InChI is InChI=1S/C19H14N2O4S2/c22-16(20-14-9-5-4-8-13(14)18(23)24)11-21-17(26)15(27-19(21)25)10-12-6-2-1-3-7-12/h1-10H,11H2,(H,20,22)(H,23,24)/p-1/b15-10+. The van der Waals surface area contributed by atoms with Crippen molar-refractivity contribution in [2.24, 2.45) is 0 Å². The van der Waals surface area contributed by atoms with Crippen molar-refractivity contribution in [1.82, 2.24) is 4.90 Å². The lowest BCUT2D eigenvalue weighted by Crippen LogP contribution is -2.36. The molecular weight excluding hydrogens is 384 g/mol. The molecule has 1 aliphatic rings. The molecule has 0 saturated carbocycles. The molecule has 0 unspecified atom stereocenters. The molecule has 2 amide bonds. The van der Waals surface area contributed by atoms with Gasteiger partial charge in [-0.15, -0.1) is 0 Å². The second-order valence-electron chi connectivity index (χ2n) is 5.56. The summed E-state index contributed by atoms with van der Waals surface area (Å²) in [5.41, 5.74) is 0.859. The van der Waals surface area contributed by atoms with Crippen molar-refractivity contribution in [3.05, 3.63) is 70.6 Å². The summed E-state index contributed by atoms with van der Waals surface area (Å²) >= 11 is 6.28. The Morgan fingerprint density at radius 1 is 1.11 bits per heavy atom. The number of nitrogens with one attached hydrogen (secondary N) is 1. The second kappa shape index (κ2) is 8.15. The van der Waals surface area contributed by atoms with Crippen LogP contribution in [0.15, 0.2) is 59.5 Å². The van der Waals surface area contributed by atoms with E-state index >= 15 is 0 Å². The number of carboxylic acids is 1. The molecule has 8 heteroatoms. The minimum Gasteiger partial charge on any atom is -0.545 e. The Morgan fingerprint density at radius 3 is 2.48 bits per heavy atom. The first-order valence-corrected chi connectivity index (χ1v) is 9.09. The van der Waals surface area contributed by atoms with Crippen LogP contribution in [0.25, 0.3) is 6.08 Å². The Bertz CT molecular complexity index is 957. The molecule has 27 heavy (non-hydrogen) atoms. The molecule has 1 N–H and O–H groups in total. The number of thioether (sulfide) groups is 1. The summed E-state index contributed by atoms with van der Waals surface area (Å²) in [5, 5.41) is 13.2. The Morgan fingerprint density at radius 2 is 1.78 bits per heavy atom. The van der Waals surface area contributed by atoms with E-state index in [1.54, 1.807) is 12.1 Å². The third-order valence-corrected chi connectivity index (χ3v) is 5.19. The van der Waals surface area contributed by atoms with E-state index in [2.05, 4.69) is 5.32 Å². The molecule has 0 bridgehead atoms. The van der Waals surface area contributed by atoms with Gasteiger partial charge in [0.05, 0.1) is 10.9 Å². The van der Waals surface area contributed by atoms with Crippen LogP contribution < -0.4 is 10.4 Å². The van der Waals surface area contributed by atoms with E-state index in [1.165, 1.54) is 23.1 Å². The number of carbonyl (C=O) groups is 3. The van der Waals surface area contributed by atoms with Crippen LogP contribution in [0.1, 0.15) is 15.9 Å². The molecule has 0 aliphatic carbocycles. The number of benzene rings is 2. The number of rotatable bonds is 5. The molecule has 1 aliphatic heterocycles. The lowest BCUT2D eigenvalue weighted by Gasteiger charge is -2.16. The number of hydrogen-bond acceptors (Lipinski definition) is 6. The van der Waals surface area contributed by atoms with E-state index in [0.29, 0.717) is 4.91 Å². The zero-order valence-electron chi connectivity index (χ0n) is 13.9. The number of nitrogens with zero attached hydrogens (tertiary/aromatic N) is 1. The molecule has 3 rings (SSSR count). The molecule has 6 nitrogen and oxygen atoms in total. The molecule has 136 valence electrons. The fraction of sp³-hybridized carbons (Fsp3) is 0.0526. The van der Waals surface area contributed by atoms with Crippen LogP contribution in [0.5, 0.6) is 0 Å². The van der Waals surface area contributed by atoms with Gasteiger partial charge in [0, 0.05) is 11.3 Å². The average Bonchev–Trinajstić information content (AvgIpc) is 2.90. The summed E-state index contributed by atoms with van der Waals surface area (Å²) in [7, 11) is 0. The molecular formula is C19H13N2O4S2-. The van der Waals surface area contributed by atoms with Crippen molar-refractivity contribution in [3.63, 3.8) is 0 Å². The fourth-order valence-corrected chi connectivity index (χ4v) is 3.68. The first kappa shape index (κ1) is 18.8. The summed E-state index contributed by atoms with van der Waals surface area (Å²) < 4.78 is 0. The van der Waals surface area contributed by atoms with Crippen molar-refractivity contribution in [2.45, 2.75) is 0 Å². The number of carboxylic acid groups (broad SMARTS) is 1. The first-order valence-electron chi connectivity index (χ1n) is 7.86. The van der Waals surface area contributed by atoms with Gasteiger partial charge in [-0.05, 0) is 29.5 Å². The third-order valence-electron chi connectivity index (χ3n) is 3.69. The van der Waals surface area contributed by atoms with Crippen LogP contribution in [0, 0.1) is 0 Å². The topological polar surface area (TPSA) is 89.5 Å². The minimum atomic E-state index is -1.40. The summed E-state index contributed by atoms with van der Waals surface area (Å²) in [4.78, 5) is 37.7. The Balaban J connectivity index is 1.71. The highest BCUT2D eigenvalue weighted by molar-refractivity contribution is 8.19. The van der Waals surface area contributed by atoms with E-state index in [-0.39, 0.29) is 28.0 Å². The smallest absolute Gasteiger partial charge is 0.292 e. The normalized spacial score (nSPS) is 15.3. The molecule has 0 spiro atoms. The highest BCUT2D eigenvalue weighted by Gasteiger charge is 2.33. The summed E-state index contributed by atoms with van der Waals surface area (Å²) in [6.07, 6.45) is 1.79. The molecule has 1 saturated heterocycles. The molecule has 2 aromatic rings. The average molecular weight is 397 g/mol. The maximum Gasteiger partial charge on any atom is 0.292 e. The zero-order chi connectivity index (χ0) is 19.4. The monoisotopic (exact) mass is 397 g/mol.